The smallest absolute Gasteiger partial charge is 0.126 e. The predicted molar refractivity (Wildman–Crippen MR) is 81.9 cm³/mol. The predicted octanol–water partition coefficient (Wildman–Crippen LogP) is 4.24. The summed E-state index contributed by atoms with van der Waals surface area (Å²) in [5, 5.41) is 13.2. The monoisotopic (exact) mass is 289 g/mol. The van der Waals surface area contributed by atoms with Gasteiger partial charge in [-0.2, -0.15) is 0 Å². The Morgan fingerprint density at radius 2 is 2.00 bits per heavy atom. The van der Waals surface area contributed by atoms with Gasteiger partial charge in [-0.15, -0.1) is 0 Å². The summed E-state index contributed by atoms with van der Waals surface area (Å²) in [6, 6.07) is 11.8. The van der Waals surface area contributed by atoms with Gasteiger partial charge in [0, 0.05) is 29.5 Å². The summed E-state index contributed by atoms with van der Waals surface area (Å²) in [6.07, 6.45) is 0. The number of benzene rings is 2. The highest BCUT2D eigenvalue weighted by atomic mass is 19.1. The molecule has 2 aromatic carbocycles. The number of hydrogen-bond donors (Lipinski definition) is 2. The van der Waals surface area contributed by atoms with Crippen molar-refractivity contribution in [2.45, 2.75) is 26.5 Å². The van der Waals surface area contributed by atoms with Gasteiger partial charge in [-0.3, -0.25) is 0 Å². The van der Waals surface area contributed by atoms with Crippen LogP contribution in [0.2, 0.25) is 0 Å². The van der Waals surface area contributed by atoms with Crippen LogP contribution in [0.4, 0.5) is 10.1 Å². The Labute approximate surface area is 124 Å². The molecule has 1 unspecified atom stereocenters. The molecular weight excluding hydrogens is 269 g/mol. The lowest BCUT2D eigenvalue weighted by atomic mass is 10.1. The molecule has 112 valence electrons. The Balaban J connectivity index is 2.17. The van der Waals surface area contributed by atoms with E-state index < -0.39 is 5.82 Å². The van der Waals surface area contributed by atoms with Crippen LogP contribution >= 0.6 is 0 Å². The average molecular weight is 289 g/mol. The SMILES string of the molecule is CCOCc1ccccc1NC(C)c1ccc(F)cc1O. The van der Waals surface area contributed by atoms with Crippen LogP contribution in [0.25, 0.3) is 0 Å². The first-order valence-electron chi connectivity index (χ1n) is 7.02. The summed E-state index contributed by atoms with van der Waals surface area (Å²) < 4.78 is 18.5. The summed E-state index contributed by atoms with van der Waals surface area (Å²) in [7, 11) is 0. The average Bonchev–Trinajstić information content (AvgIpc) is 2.46. The third kappa shape index (κ3) is 3.95. The molecule has 0 aromatic heterocycles. The zero-order chi connectivity index (χ0) is 15.2. The van der Waals surface area contributed by atoms with Crippen LogP contribution in [0.3, 0.4) is 0 Å². The number of aromatic hydroxyl groups is 1. The van der Waals surface area contributed by atoms with Gasteiger partial charge in [0.25, 0.3) is 0 Å². The Hall–Kier alpha value is -2.07. The minimum atomic E-state index is -0.444. The van der Waals surface area contributed by atoms with E-state index in [2.05, 4.69) is 5.32 Å². The van der Waals surface area contributed by atoms with Crippen molar-refractivity contribution in [3.63, 3.8) is 0 Å². The fraction of sp³-hybridized carbons (Fsp3) is 0.294. The Morgan fingerprint density at radius 1 is 1.24 bits per heavy atom. The number of phenols is 1. The number of halogens is 1. The van der Waals surface area contributed by atoms with Crippen molar-refractivity contribution < 1.29 is 14.2 Å². The standard InChI is InChI=1S/C17H20FNO2/c1-3-21-11-13-6-4-5-7-16(13)19-12(2)15-9-8-14(18)10-17(15)20/h4-10,12,19-20H,3,11H2,1-2H3. The molecule has 21 heavy (non-hydrogen) atoms. The summed E-state index contributed by atoms with van der Waals surface area (Å²) in [5.74, 6) is -0.488. The maximum Gasteiger partial charge on any atom is 0.126 e. The molecule has 0 heterocycles. The first kappa shape index (κ1) is 15.3. The van der Waals surface area contributed by atoms with Crippen molar-refractivity contribution in [2.75, 3.05) is 11.9 Å². The van der Waals surface area contributed by atoms with Crippen LogP contribution in [0.1, 0.15) is 31.0 Å². The highest BCUT2D eigenvalue weighted by molar-refractivity contribution is 5.53. The fourth-order valence-electron chi connectivity index (χ4n) is 2.19. The van der Waals surface area contributed by atoms with Gasteiger partial charge in [-0.1, -0.05) is 24.3 Å². The molecule has 2 rings (SSSR count). The summed E-state index contributed by atoms with van der Waals surface area (Å²) in [6.45, 7) is 5.06. The fourth-order valence-corrected chi connectivity index (χ4v) is 2.19. The van der Waals surface area contributed by atoms with E-state index in [0.717, 1.165) is 17.3 Å². The van der Waals surface area contributed by atoms with E-state index >= 15 is 0 Å². The highest BCUT2D eigenvalue weighted by Gasteiger charge is 2.12. The molecule has 0 aliphatic rings. The van der Waals surface area contributed by atoms with Crippen molar-refractivity contribution in [1.82, 2.24) is 0 Å². The Morgan fingerprint density at radius 3 is 2.71 bits per heavy atom. The van der Waals surface area contributed by atoms with Crippen molar-refractivity contribution >= 4 is 5.69 Å². The van der Waals surface area contributed by atoms with Crippen LogP contribution < -0.4 is 5.32 Å². The second kappa shape index (κ2) is 7.09. The molecule has 3 nitrogen and oxygen atoms in total. The van der Waals surface area contributed by atoms with Gasteiger partial charge < -0.3 is 15.2 Å². The van der Waals surface area contributed by atoms with Gasteiger partial charge in [0.1, 0.15) is 11.6 Å². The molecule has 0 amide bonds. The third-order valence-corrected chi connectivity index (χ3v) is 3.31. The van der Waals surface area contributed by atoms with E-state index in [4.69, 9.17) is 4.74 Å². The van der Waals surface area contributed by atoms with E-state index in [-0.39, 0.29) is 11.8 Å². The first-order chi connectivity index (χ1) is 10.1. The second-order valence-electron chi connectivity index (χ2n) is 4.86. The maximum absolute atomic E-state index is 13.0. The third-order valence-electron chi connectivity index (χ3n) is 3.31. The lowest BCUT2D eigenvalue weighted by Gasteiger charge is -2.19. The molecule has 4 heteroatoms. The molecule has 0 aliphatic heterocycles. The zero-order valence-electron chi connectivity index (χ0n) is 12.3. The topological polar surface area (TPSA) is 41.5 Å². The van der Waals surface area contributed by atoms with Gasteiger partial charge >= 0.3 is 0 Å². The van der Waals surface area contributed by atoms with E-state index in [0.29, 0.717) is 18.8 Å². The second-order valence-corrected chi connectivity index (χ2v) is 4.86. The largest absolute Gasteiger partial charge is 0.507 e. The number of ether oxygens (including phenoxy) is 1. The quantitative estimate of drug-likeness (QED) is 0.835. The molecule has 0 saturated heterocycles. The van der Waals surface area contributed by atoms with Gasteiger partial charge in [0.15, 0.2) is 0 Å². The minimum Gasteiger partial charge on any atom is -0.507 e. The molecule has 0 bridgehead atoms. The molecule has 0 radical (unpaired) electrons. The molecule has 0 aliphatic carbocycles. The number of nitrogens with one attached hydrogen (secondary N) is 1. The number of para-hydroxylation sites is 1. The van der Waals surface area contributed by atoms with E-state index in [9.17, 15) is 9.50 Å². The summed E-state index contributed by atoms with van der Waals surface area (Å²) in [4.78, 5) is 0. The van der Waals surface area contributed by atoms with Gasteiger partial charge in [0.05, 0.1) is 12.6 Å². The molecule has 2 N–H and O–H groups in total. The maximum atomic E-state index is 13.0. The molecule has 0 saturated carbocycles. The molecule has 0 spiro atoms. The van der Waals surface area contributed by atoms with E-state index in [1.807, 2.05) is 38.1 Å². The molecule has 0 fully saturated rings. The highest BCUT2D eigenvalue weighted by Crippen LogP contribution is 2.29. The number of hydrogen-bond acceptors (Lipinski definition) is 3. The first-order valence-corrected chi connectivity index (χ1v) is 7.02. The van der Waals surface area contributed by atoms with Gasteiger partial charge in [-0.05, 0) is 26.0 Å². The zero-order valence-corrected chi connectivity index (χ0v) is 12.3. The van der Waals surface area contributed by atoms with E-state index in [1.54, 1.807) is 6.07 Å². The lowest BCUT2D eigenvalue weighted by Crippen LogP contribution is -2.09. The number of phenolic OH excluding ortho intramolecular Hbond substituents is 1. The molecular formula is C17H20FNO2. The van der Waals surface area contributed by atoms with Gasteiger partial charge in [0.2, 0.25) is 0 Å². The van der Waals surface area contributed by atoms with Crippen LogP contribution in [-0.2, 0) is 11.3 Å². The van der Waals surface area contributed by atoms with Crippen LogP contribution in [0.15, 0.2) is 42.5 Å². The Bertz CT molecular complexity index is 601. The lowest BCUT2D eigenvalue weighted by molar-refractivity contribution is 0.134. The molecule has 2 aromatic rings. The van der Waals surface area contributed by atoms with Crippen LogP contribution in [0.5, 0.6) is 5.75 Å². The van der Waals surface area contributed by atoms with Crippen LogP contribution in [0, 0.1) is 5.82 Å². The normalized spacial score (nSPS) is 12.1. The van der Waals surface area contributed by atoms with Crippen molar-refractivity contribution in [2.24, 2.45) is 0 Å². The number of anilines is 1. The Kier molecular flexibility index (Phi) is 5.17. The number of rotatable bonds is 6. The van der Waals surface area contributed by atoms with Crippen LogP contribution in [-0.4, -0.2) is 11.7 Å². The van der Waals surface area contributed by atoms with Gasteiger partial charge in [-0.25, -0.2) is 4.39 Å². The summed E-state index contributed by atoms with van der Waals surface area (Å²) in [5.41, 5.74) is 2.65. The van der Waals surface area contributed by atoms with E-state index in [1.165, 1.54) is 6.07 Å². The molecule has 1 atom stereocenters. The van der Waals surface area contributed by atoms with Crippen molar-refractivity contribution in [3.05, 3.63) is 59.4 Å². The summed E-state index contributed by atoms with van der Waals surface area (Å²) >= 11 is 0. The minimum absolute atomic E-state index is 0.0442. The van der Waals surface area contributed by atoms with Crippen molar-refractivity contribution in [1.29, 1.82) is 0 Å². The van der Waals surface area contributed by atoms with Crippen molar-refractivity contribution in [3.8, 4) is 5.75 Å².